The molecule has 1 N–H and O–H groups in total. The van der Waals surface area contributed by atoms with Gasteiger partial charge >= 0.3 is 0 Å². The summed E-state index contributed by atoms with van der Waals surface area (Å²) in [5, 5.41) is 9.32. The normalized spacial score (nSPS) is 13.5. The Bertz CT molecular complexity index is 311. The molecule has 0 saturated heterocycles. The third-order valence-corrected chi connectivity index (χ3v) is 1.95. The molecule has 4 heteroatoms. The van der Waals surface area contributed by atoms with Crippen LogP contribution < -0.4 is 9.47 Å². The molecule has 1 aliphatic heterocycles. The number of halogens is 1. The predicted octanol–water partition coefficient (Wildman–Crippen LogP) is 1.56. The first-order chi connectivity index (χ1) is 5.81. The van der Waals surface area contributed by atoms with E-state index in [-0.39, 0.29) is 13.4 Å². The molecule has 0 bridgehead atoms. The van der Waals surface area contributed by atoms with Crippen molar-refractivity contribution in [2.75, 3.05) is 6.79 Å². The van der Waals surface area contributed by atoms with Gasteiger partial charge in [0, 0.05) is 0 Å². The minimum absolute atomic E-state index is 0.0453. The minimum atomic E-state index is -0.0453. The Hall–Kier alpha value is -0.930. The van der Waals surface area contributed by atoms with Crippen LogP contribution in [0.1, 0.15) is 5.56 Å². The lowest BCUT2D eigenvalue weighted by Gasteiger charge is -2.01. The summed E-state index contributed by atoms with van der Waals surface area (Å²) in [6, 6.07) is 3.38. The van der Waals surface area contributed by atoms with Crippen molar-refractivity contribution >= 4 is 11.6 Å². The number of benzene rings is 1. The quantitative estimate of drug-likeness (QED) is 0.724. The predicted molar refractivity (Wildman–Crippen MR) is 43.5 cm³/mol. The topological polar surface area (TPSA) is 38.7 Å². The van der Waals surface area contributed by atoms with E-state index in [2.05, 4.69) is 0 Å². The average molecular weight is 187 g/mol. The molecule has 0 amide bonds. The maximum absolute atomic E-state index is 8.84. The van der Waals surface area contributed by atoms with Crippen molar-refractivity contribution in [3.63, 3.8) is 0 Å². The van der Waals surface area contributed by atoms with Gasteiger partial charge in [0.2, 0.25) is 6.79 Å². The number of ether oxygens (including phenoxy) is 2. The molecule has 0 radical (unpaired) electrons. The number of hydrogen-bond acceptors (Lipinski definition) is 3. The molecule has 1 aliphatic rings. The molecule has 12 heavy (non-hydrogen) atoms. The Morgan fingerprint density at radius 1 is 1.42 bits per heavy atom. The second-order valence-corrected chi connectivity index (χ2v) is 2.88. The summed E-state index contributed by atoms with van der Waals surface area (Å²) in [5.74, 6) is 1.17. The molecule has 3 nitrogen and oxygen atoms in total. The fourth-order valence-corrected chi connectivity index (χ4v) is 1.40. The lowest BCUT2D eigenvalue weighted by Crippen LogP contribution is -1.93. The first-order valence-electron chi connectivity index (χ1n) is 3.50. The van der Waals surface area contributed by atoms with Gasteiger partial charge in [0.25, 0.3) is 0 Å². The molecular weight excluding hydrogens is 180 g/mol. The molecule has 1 aromatic carbocycles. The van der Waals surface area contributed by atoms with Crippen LogP contribution >= 0.6 is 11.6 Å². The van der Waals surface area contributed by atoms with Crippen LogP contribution in [0.2, 0.25) is 5.02 Å². The molecule has 0 spiro atoms. The van der Waals surface area contributed by atoms with Gasteiger partial charge in [-0.25, -0.2) is 0 Å². The van der Waals surface area contributed by atoms with Gasteiger partial charge in [0.15, 0.2) is 11.5 Å². The second-order valence-electron chi connectivity index (χ2n) is 2.47. The van der Waals surface area contributed by atoms with Crippen LogP contribution in [0, 0.1) is 0 Å². The number of rotatable bonds is 1. The van der Waals surface area contributed by atoms with Crippen LogP contribution in [0.4, 0.5) is 0 Å². The van der Waals surface area contributed by atoms with Crippen LogP contribution in [0.3, 0.4) is 0 Å². The molecule has 0 aromatic heterocycles. The molecule has 2 rings (SSSR count). The summed E-state index contributed by atoms with van der Waals surface area (Å²) in [5.41, 5.74) is 0.726. The molecule has 0 atom stereocenters. The van der Waals surface area contributed by atoms with E-state index in [4.69, 9.17) is 26.2 Å². The highest BCUT2D eigenvalue weighted by Gasteiger charge is 2.17. The van der Waals surface area contributed by atoms with E-state index in [0.717, 1.165) is 5.56 Å². The Kier molecular flexibility index (Phi) is 1.83. The highest BCUT2D eigenvalue weighted by Crippen LogP contribution is 2.39. The fourth-order valence-electron chi connectivity index (χ4n) is 1.11. The summed E-state index contributed by atoms with van der Waals surface area (Å²) in [4.78, 5) is 0. The summed E-state index contributed by atoms with van der Waals surface area (Å²) in [6.07, 6.45) is 0. The minimum Gasteiger partial charge on any atom is -0.454 e. The number of fused-ring (bicyclic) bond motifs is 1. The van der Waals surface area contributed by atoms with Gasteiger partial charge in [-0.3, -0.25) is 0 Å². The van der Waals surface area contributed by atoms with Crippen molar-refractivity contribution in [1.29, 1.82) is 0 Å². The molecule has 0 unspecified atom stereocenters. The molecule has 1 heterocycles. The second kappa shape index (κ2) is 2.84. The van der Waals surface area contributed by atoms with E-state index >= 15 is 0 Å². The fraction of sp³-hybridized carbons (Fsp3) is 0.250. The molecule has 0 saturated carbocycles. The first kappa shape index (κ1) is 7.71. The Labute approximate surface area is 74.5 Å². The molecule has 0 fully saturated rings. The SMILES string of the molecule is OCc1cc(Cl)c2c(c1)OCO2. The van der Waals surface area contributed by atoms with Crippen molar-refractivity contribution in [2.24, 2.45) is 0 Å². The van der Waals surface area contributed by atoms with Gasteiger partial charge in [-0.1, -0.05) is 11.6 Å². The Morgan fingerprint density at radius 2 is 2.25 bits per heavy atom. The van der Waals surface area contributed by atoms with E-state index in [1.807, 2.05) is 0 Å². The van der Waals surface area contributed by atoms with Crippen LogP contribution in [0.15, 0.2) is 12.1 Å². The van der Waals surface area contributed by atoms with Gasteiger partial charge in [-0.15, -0.1) is 0 Å². The zero-order valence-electron chi connectivity index (χ0n) is 6.21. The van der Waals surface area contributed by atoms with Crippen molar-refractivity contribution in [3.05, 3.63) is 22.7 Å². The van der Waals surface area contributed by atoms with Crippen LogP contribution in [0.5, 0.6) is 11.5 Å². The third-order valence-electron chi connectivity index (χ3n) is 1.67. The van der Waals surface area contributed by atoms with E-state index in [1.54, 1.807) is 12.1 Å². The van der Waals surface area contributed by atoms with Crippen LogP contribution in [0.25, 0.3) is 0 Å². The Balaban J connectivity index is 2.51. The average Bonchev–Trinajstić information content (AvgIpc) is 2.52. The maximum atomic E-state index is 8.84. The van der Waals surface area contributed by atoms with Crippen molar-refractivity contribution in [3.8, 4) is 11.5 Å². The highest BCUT2D eigenvalue weighted by molar-refractivity contribution is 6.32. The highest BCUT2D eigenvalue weighted by atomic mass is 35.5. The molecule has 1 aromatic rings. The van der Waals surface area contributed by atoms with Gasteiger partial charge < -0.3 is 14.6 Å². The third kappa shape index (κ3) is 1.11. The van der Waals surface area contributed by atoms with Gasteiger partial charge in [0.1, 0.15) is 0 Å². The lowest BCUT2D eigenvalue weighted by atomic mass is 10.2. The summed E-state index contributed by atoms with van der Waals surface area (Å²) >= 11 is 5.84. The number of aliphatic hydroxyl groups is 1. The summed E-state index contributed by atoms with van der Waals surface area (Å²) < 4.78 is 10.2. The number of aliphatic hydroxyl groups excluding tert-OH is 1. The van der Waals surface area contributed by atoms with E-state index in [1.165, 1.54) is 0 Å². The lowest BCUT2D eigenvalue weighted by molar-refractivity contribution is 0.174. The summed E-state index contributed by atoms with van der Waals surface area (Å²) in [6.45, 7) is 0.153. The first-order valence-corrected chi connectivity index (χ1v) is 3.88. The Morgan fingerprint density at radius 3 is 3.00 bits per heavy atom. The van der Waals surface area contributed by atoms with Gasteiger partial charge in [-0.2, -0.15) is 0 Å². The summed E-state index contributed by atoms with van der Waals surface area (Å²) in [7, 11) is 0. The van der Waals surface area contributed by atoms with Crippen LogP contribution in [-0.2, 0) is 6.61 Å². The smallest absolute Gasteiger partial charge is 0.231 e. The van der Waals surface area contributed by atoms with E-state index in [0.29, 0.717) is 16.5 Å². The molecular formula is C8H7ClO3. The standard InChI is InChI=1S/C8H7ClO3/c9-6-1-5(3-10)2-7-8(6)12-4-11-7/h1-2,10H,3-4H2. The maximum Gasteiger partial charge on any atom is 0.231 e. The van der Waals surface area contributed by atoms with E-state index in [9.17, 15) is 0 Å². The molecule has 0 aliphatic carbocycles. The molecule has 64 valence electrons. The van der Waals surface area contributed by atoms with Gasteiger partial charge in [0.05, 0.1) is 11.6 Å². The monoisotopic (exact) mass is 186 g/mol. The van der Waals surface area contributed by atoms with Gasteiger partial charge in [-0.05, 0) is 17.7 Å². The van der Waals surface area contributed by atoms with Crippen molar-refractivity contribution < 1.29 is 14.6 Å². The van der Waals surface area contributed by atoms with E-state index < -0.39 is 0 Å². The zero-order chi connectivity index (χ0) is 8.55. The zero-order valence-corrected chi connectivity index (χ0v) is 6.97. The van der Waals surface area contributed by atoms with Crippen LogP contribution in [-0.4, -0.2) is 11.9 Å². The largest absolute Gasteiger partial charge is 0.454 e. The van der Waals surface area contributed by atoms with Crippen molar-refractivity contribution in [1.82, 2.24) is 0 Å². The van der Waals surface area contributed by atoms with Crippen molar-refractivity contribution in [2.45, 2.75) is 6.61 Å². The number of hydrogen-bond donors (Lipinski definition) is 1.